The molecule has 2 heterocycles. The number of rotatable bonds is 5. The van der Waals surface area contributed by atoms with Crippen molar-refractivity contribution >= 4 is 39.1 Å². The molecule has 2 aromatic carbocycles. The number of aromatic nitrogens is 4. The second-order valence-electron chi connectivity index (χ2n) is 6.97. The van der Waals surface area contributed by atoms with Gasteiger partial charge in [0.1, 0.15) is 5.69 Å². The van der Waals surface area contributed by atoms with Gasteiger partial charge in [-0.15, -0.1) is 0 Å². The van der Waals surface area contributed by atoms with Gasteiger partial charge in [-0.25, -0.2) is 0 Å². The van der Waals surface area contributed by atoms with E-state index in [1.165, 1.54) is 0 Å². The lowest BCUT2D eigenvalue weighted by molar-refractivity contribution is 0.102. The van der Waals surface area contributed by atoms with E-state index in [4.69, 9.17) is 11.6 Å². The minimum absolute atomic E-state index is 0.256. The Bertz CT molecular complexity index is 1210. The highest BCUT2D eigenvalue weighted by Gasteiger charge is 2.13. The molecule has 2 aromatic heterocycles. The SMILES string of the molecule is Cc1nn(Cc2cccc(NC(=O)c3cc(-c4ccc(Cl)cc4)n[nH]3)c2)c(C)c1Br. The lowest BCUT2D eigenvalue weighted by Crippen LogP contribution is -2.13. The lowest BCUT2D eigenvalue weighted by atomic mass is 10.1. The van der Waals surface area contributed by atoms with Crippen LogP contribution in [0.4, 0.5) is 5.69 Å². The van der Waals surface area contributed by atoms with Crippen molar-refractivity contribution in [3.8, 4) is 11.3 Å². The van der Waals surface area contributed by atoms with Gasteiger partial charge in [-0.2, -0.15) is 10.2 Å². The summed E-state index contributed by atoms with van der Waals surface area (Å²) in [6.07, 6.45) is 0. The van der Waals surface area contributed by atoms with Gasteiger partial charge in [-0.05, 0) is 65.7 Å². The Morgan fingerprint density at radius 3 is 2.63 bits per heavy atom. The van der Waals surface area contributed by atoms with Gasteiger partial charge in [0.25, 0.3) is 5.91 Å². The molecule has 152 valence electrons. The van der Waals surface area contributed by atoms with Crippen molar-refractivity contribution in [1.29, 1.82) is 0 Å². The molecule has 0 spiro atoms. The van der Waals surface area contributed by atoms with E-state index in [9.17, 15) is 4.79 Å². The van der Waals surface area contributed by atoms with Gasteiger partial charge in [0.05, 0.1) is 28.1 Å². The normalized spacial score (nSPS) is 10.9. The highest BCUT2D eigenvalue weighted by atomic mass is 79.9. The van der Waals surface area contributed by atoms with E-state index in [-0.39, 0.29) is 5.91 Å². The third kappa shape index (κ3) is 4.32. The summed E-state index contributed by atoms with van der Waals surface area (Å²) in [4.78, 5) is 12.7. The molecule has 1 amide bonds. The van der Waals surface area contributed by atoms with Crippen molar-refractivity contribution in [3.63, 3.8) is 0 Å². The molecule has 8 heteroatoms. The molecule has 0 bridgehead atoms. The Hall–Kier alpha value is -2.90. The summed E-state index contributed by atoms with van der Waals surface area (Å²) in [6.45, 7) is 4.60. The molecular weight excluding hydrogens is 466 g/mol. The first kappa shape index (κ1) is 20.4. The van der Waals surface area contributed by atoms with Gasteiger partial charge in [0.2, 0.25) is 0 Å². The van der Waals surface area contributed by atoms with Crippen LogP contribution in [0, 0.1) is 13.8 Å². The number of hydrogen-bond donors (Lipinski definition) is 2. The van der Waals surface area contributed by atoms with Crippen LogP contribution in [0.2, 0.25) is 5.02 Å². The summed E-state index contributed by atoms with van der Waals surface area (Å²) in [5.41, 5.74) is 5.71. The monoisotopic (exact) mass is 483 g/mol. The van der Waals surface area contributed by atoms with E-state index >= 15 is 0 Å². The Morgan fingerprint density at radius 2 is 1.93 bits per heavy atom. The highest BCUT2D eigenvalue weighted by Crippen LogP contribution is 2.22. The third-order valence-electron chi connectivity index (χ3n) is 4.77. The molecular formula is C22H19BrClN5O. The van der Waals surface area contributed by atoms with Crippen LogP contribution in [-0.2, 0) is 6.54 Å². The maximum absolute atomic E-state index is 12.7. The molecule has 0 saturated carbocycles. The molecule has 6 nitrogen and oxygen atoms in total. The minimum Gasteiger partial charge on any atom is -0.321 e. The predicted octanol–water partition coefficient (Wildman–Crippen LogP) is 5.61. The molecule has 0 aliphatic heterocycles. The van der Waals surface area contributed by atoms with Crippen molar-refractivity contribution in [2.24, 2.45) is 0 Å². The summed E-state index contributed by atoms with van der Waals surface area (Å²) in [5, 5.41) is 15.1. The smallest absolute Gasteiger partial charge is 0.273 e. The van der Waals surface area contributed by atoms with Crippen LogP contribution in [0.15, 0.2) is 59.1 Å². The Morgan fingerprint density at radius 1 is 1.17 bits per heavy atom. The number of anilines is 1. The van der Waals surface area contributed by atoms with Gasteiger partial charge in [0, 0.05) is 16.3 Å². The number of hydrogen-bond acceptors (Lipinski definition) is 3. The van der Waals surface area contributed by atoms with E-state index in [1.807, 2.05) is 54.9 Å². The molecule has 0 unspecified atom stereocenters. The van der Waals surface area contributed by atoms with Gasteiger partial charge >= 0.3 is 0 Å². The fourth-order valence-corrected chi connectivity index (χ4v) is 3.56. The Balaban J connectivity index is 1.48. The average molecular weight is 485 g/mol. The molecule has 0 fully saturated rings. The van der Waals surface area contributed by atoms with Gasteiger partial charge in [-0.3, -0.25) is 14.6 Å². The van der Waals surface area contributed by atoms with Crippen molar-refractivity contribution in [1.82, 2.24) is 20.0 Å². The number of nitrogens with one attached hydrogen (secondary N) is 2. The summed E-state index contributed by atoms with van der Waals surface area (Å²) in [7, 11) is 0. The zero-order chi connectivity index (χ0) is 21.3. The molecule has 30 heavy (non-hydrogen) atoms. The van der Waals surface area contributed by atoms with Gasteiger partial charge in [-0.1, -0.05) is 35.9 Å². The van der Waals surface area contributed by atoms with Crippen molar-refractivity contribution in [2.75, 3.05) is 5.32 Å². The third-order valence-corrected chi connectivity index (χ3v) is 6.17. The maximum Gasteiger partial charge on any atom is 0.273 e. The number of benzene rings is 2. The molecule has 0 atom stereocenters. The van der Waals surface area contributed by atoms with Crippen LogP contribution < -0.4 is 5.32 Å². The minimum atomic E-state index is -0.256. The number of carbonyl (C=O) groups is 1. The quantitative estimate of drug-likeness (QED) is 0.387. The van der Waals surface area contributed by atoms with Crippen molar-refractivity contribution in [3.05, 3.63) is 86.7 Å². The number of nitrogens with zero attached hydrogens (tertiary/aromatic N) is 3. The van der Waals surface area contributed by atoms with Gasteiger partial charge in [0.15, 0.2) is 0 Å². The molecule has 0 saturated heterocycles. The summed E-state index contributed by atoms with van der Waals surface area (Å²) < 4.78 is 2.95. The van der Waals surface area contributed by atoms with E-state index < -0.39 is 0 Å². The number of carbonyl (C=O) groups excluding carboxylic acids is 1. The van der Waals surface area contributed by atoms with Crippen LogP contribution >= 0.6 is 27.5 Å². The Labute approximate surface area is 187 Å². The topological polar surface area (TPSA) is 75.6 Å². The molecule has 4 rings (SSSR count). The van der Waals surface area contributed by atoms with Crippen molar-refractivity contribution in [2.45, 2.75) is 20.4 Å². The largest absolute Gasteiger partial charge is 0.321 e. The van der Waals surface area contributed by atoms with Crippen LogP contribution in [0.5, 0.6) is 0 Å². The second-order valence-corrected chi connectivity index (χ2v) is 8.20. The first-order valence-corrected chi connectivity index (χ1v) is 10.5. The van der Waals surface area contributed by atoms with Crippen LogP contribution in [0.25, 0.3) is 11.3 Å². The molecule has 2 N–H and O–H groups in total. The van der Waals surface area contributed by atoms with E-state index in [0.29, 0.717) is 28.6 Å². The summed E-state index contributed by atoms with van der Waals surface area (Å²) in [6, 6.07) is 16.7. The van der Waals surface area contributed by atoms with Gasteiger partial charge < -0.3 is 5.32 Å². The van der Waals surface area contributed by atoms with E-state index in [2.05, 4.69) is 36.5 Å². The molecule has 0 aliphatic rings. The number of amides is 1. The average Bonchev–Trinajstić information content (AvgIpc) is 3.31. The van der Waals surface area contributed by atoms with E-state index in [0.717, 1.165) is 27.0 Å². The molecule has 0 radical (unpaired) electrons. The number of H-pyrrole nitrogens is 1. The zero-order valence-corrected chi connectivity index (χ0v) is 18.8. The van der Waals surface area contributed by atoms with Crippen molar-refractivity contribution < 1.29 is 4.79 Å². The first-order chi connectivity index (χ1) is 14.4. The molecule has 4 aromatic rings. The maximum atomic E-state index is 12.7. The molecule has 0 aliphatic carbocycles. The number of halogens is 2. The summed E-state index contributed by atoms with van der Waals surface area (Å²) in [5.74, 6) is -0.256. The highest BCUT2D eigenvalue weighted by molar-refractivity contribution is 9.10. The first-order valence-electron chi connectivity index (χ1n) is 9.32. The van der Waals surface area contributed by atoms with Crippen LogP contribution in [0.1, 0.15) is 27.4 Å². The van der Waals surface area contributed by atoms with E-state index in [1.54, 1.807) is 18.2 Å². The second kappa shape index (κ2) is 8.45. The Kier molecular flexibility index (Phi) is 5.74. The number of aromatic amines is 1. The fourth-order valence-electron chi connectivity index (χ4n) is 3.15. The zero-order valence-electron chi connectivity index (χ0n) is 16.4. The standard InChI is InChI=1S/C22H19BrClN5O/c1-13-21(23)14(2)29(28-13)12-15-4-3-5-18(10-15)25-22(30)20-11-19(26-27-20)16-6-8-17(24)9-7-16/h3-11H,12H2,1-2H3,(H,25,30)(H,26,27). The summed E-state index contributed by atoms with van der Waals surface area (Å²) >= 11 is 9.48. The lowest BCUT2D eigenvalue weighted by Gasteiger charge is -2.08. The van der Waals surface area contributed by atoms with Crippen LogP contribution in [-0.4, -0.2) is 25.9 Å². The predicted molar refractivity (Wildman–Crippen MR) is 122 cm³/mol. The number of aryl methyl sites for hydroxylation is 1. The fraction of sp³-hybridized carbons (Fsp3) is 0.136. The van der Waals surface area contributed by atoms with Crippen LogP contribution in [0.3, 0.4) is 0 Å².